The number of hydrogen-bond donors (Lipinski definition) is 1. The van der Waals surface area contributed by atoms with Crippen LogP contribution in [0.4, 0.5) is 10.3 Å². The Labute approximate surface area is 96.4 Å². The molecule has 0 bridgehead atoms. The number of pyridine rings is 1. The minimum Gasteiger partial charge on any atom is -0.469 e. The molecular formula is C10H11FN4O2. The van der Waals surface area contributed by atoms with E-state index in [9.17, 15) is 9.18 Å². The van der Waals surface area contributed by atoms with Gasteiger partial charge in [-0.05, 0) is 12.1 Å². The molecule has 2 heterocycles. The first-order valence-corrected chi connectivity index (χ1v) is 5.01. The minimum atomic E-state index is -0.386. The van der Waals surface area contributed by atoms with Gasteiger partial charge in [-0.3, -0.25) is 4.79 Å². The zero-order valence-corrected chi connectivity index (χ0v) is 9.18. The van der Waals surface area contributed by atoms with Crippen molar-refractivity contribution in [1.82, 2.24) is 14.6 Å². The second-order valence-electron chi connectivity index (χ2n) is 3.34. The van der Waals surface area contributed by atoms with E-state index in [4.69, 9.17) is 0 Å². The summed E-state index contributed by atoms with van der Waals surface area (Å²) in [7, 11) is 1.33. The van der Waals surface area contributed by atoms with E-state index in [0.717, 1.165) is 0 Å². The molecule has 90 valence electrons. The molecule has 7 heteroatoms. The molecule has 17 heavy (non-hydrogen) atoms. The number of carbonyl (C=O) groups excluding carboxylic acids is 1. The van der Waals surface area contributed by atoms with Crippen molar-refractivity contribution in [1.29, 1.82) is 0 Å². The molecule has 0 radical (unpaired) electrons. The zero-order chi connectivity index (χ0) is 12.3. The van der Waals surface area contributed by atoms with Gasteiger partial charge in [0.1, 0.15) is 5.82 Å². The predicted octanol–water partition coefficient (Wildman–Crippen LogP) is 0.843. The lowest BCUT2D eigenvalue weighted by Gasteiger charge is -1.99. The van der Waals surface area contributed by atoms with E-state index in [2.05, 4.69) is 20.1 Å². The van der Waals surface area contributed by atoms with Crippen molar-refractivity contribution >= 4 is 17.6 Å². The third kappa shape index (κ3) is 2.68. The molecule has 0 spiro atoms. The first kappa shape index (κ1) is 11.3. The molecule has 1 N–H and O–H groups in total. The third-order valence-corrected chi connectivity index (χ3v) is 2.13. The molecule has 2 aromatic rings. The second-order valence-corrected chi connectivity index (χ2v) is 3.34. The number of carbonyl (C=O) groups is 1. The zero-order valence-electron chi connectivity index (χ0n) is 9.18. The molecule has 2 rings (SSSR count). The largest absolute Gasteiger partial charge is 0.469 e. The fourth-order valence-corrected chi connectivity index (χ4v) is 1.31. The Morgan fingerprint density at radius 1 is 1.59 bits per heavy atom. The van der Waals surface area contributed by atoms with Crippen LogP contribution in [0.3, 0.4) is 0 Å². The van der Waals surface area contributed by atoms with Crippen LogP contribution in [0.1, 0.15) is 6.42 Å². The lowest BCUT2D eigenvalue weighted by molar-refractivity contribution is -0.140. The van der Waals surface area contributed by atoms with Crippen molar-refractivity contribution in [3.63, 3.8) is 0 Å². The quantitative estimate of drug-likeness (QED) is 0.799. The smallest absolute Gasteiger partial charge is 0.307 e. The van der Waals surface area contributed by atoms with Crippen molar-refractivity contribution in [3.05, 3.63) is 24.1 Å². The van der Waals surface area contributed by atoms with Gasteiger partial charge in [-0.15, -0.1) is 5.10 Å². The van der Waals surface area contributed by atoms with Crippen LogP contribution in [0.25, 0.3) is 5.65 Å². The van der Waals surface area contributed by atoms with Crippen molar-refractivity contribution in [2.45, 2.75) is 6.42 Å². The van der Waals surface area contributed by atoms with Crippen molar-refractivity contribution in [3.8, 4) is 0 Å². The van der Waals surface area contributed by atoms with Gasteiger partial charge in [0.15, 0.2) is 5.65 Å². The molecular weight excluding hydrogens is 227 g/mol. The van der Waals surface area contributed by atoms with E-state index in [1.165, 1.54) is 30.0 Å². The summed E-state index contributed by atoms with van der Waals surface area (Å²) in [5.74, 6) is -0.352. The van der Waals surface area contributed by atoms with Crippen LogP contribution in [-0.4, -0.2) is 34.2 Å². The highest BCUT2D eigenvalue weighted by atomic mass is 19.1. The van der Waals surface area contributed by atoms with Crippen LogP contribution in [0.2, 0.25) is 0 Å². The van der Waals surface area contributed by atoms with E-state index < -0.39 is 0 Å². The summed E-state index contributed by atoms with van der Waals surface area (Å²) in [5, 5.41) is 6.85. The fourth-order valence-electron chi connectivity index (χ4n) is 1.31. The molecule has 0 saturated heterocycles. The maximum Gasteiger partial charge on any atom is 0.307 e. The molecule has 0 aliphatic heterocycles. The maximum absolute atomic E-state index is 12.9. The first-order valence-electron chi connectivity index (χ1n) is 5.01. The predicted molar refractivity (Wildman–Crippen MR) is 58.1 cm³/mol. The van der Waals surface area contributed by atoms with Crippen LogP contribution >= 0.6 is 0 Å². The first-order chi connectivity index (χ1) is 8.19. The highest BCUT2D eigenvalue weighted by Crippen LogP contribution is 2.06. The van der Waals surface area contributed by atoms with Crippen molar-refractivity contribution in [2.75, 3.05) is 19.0 Å². The van der Waals surface area contributed by atoms with Gasteiger partial charge in [0.25, 0.3) is 0 Å². The second kappa shape index (κ2) is 4.77. The monoisotopic (exact) mass is 238 g/mol. The number of ether oxygens (including phenoxy) is 1. The van der Waals surface area contributed by atoms with E-state index in [1.807, 2.05) is 0 Å². The molecule has 0 aromatic carbocycles. The maximum atomic E-state index is 12.9. The summed E-state index contributed by atoms with van der Waals surface area (Å²) in [4.78, 5) is 15.0. The van der Waals surface area contributed by atoms with Gasteiger partial charge in [0.2, 0.25) is 5.95 Å². The van der Waals surface area contributed by atoms with Gasteiger partial charge in [-0.1, -0.05) is 0 Å². The lowest BCUT2D eigenvalue weighted by Crippen LogP contribution is -2.10. The summed E-state index contributed by atoms with van der Waals surface area (Å²) in [5.41, 5.74) is 0.534. The third-order valence-electron chi connectivity index (χ3n) is 2.13. The van der Waals surface area contributed by atoms with Crippen LogP contribution in [0, 0.1) is 5.82 Å². The number of anilines is 1. The van der Waals surface area contributed by atoms with Crippen LogP contribution < -0.4 is 5.32 Å². The summed E-state index contributed by atoms with van der Waals surface area (Å²) in [6, 6.07) is 2.83. The molecule has 0 unspecified atom stereocenters. The number of nitrogens with zero attached hydrogens (tertiary/aromatic N) is 3. The molecule has 2 aromatic heterocycles. The normalized spacial score (nSPS) is 10.5. The fraction of sp³-hybridized carbons (Fsp3) is 0.300. The summed E-state index contributed by atoms with van der Waals surface area (Å²) >= 11 is 0. The number of methoxy groups -OCH3 is 1. The highest BCUT2D eigenvalue weighted by Gasteiger charge is 2.05. The van der Waals surface area contributed by atoms with Crippen molar-refractivity contribution < 1.29 is 13.9 Å². The Morgan fingerprint density at radius 2 is 2.41 bits per heavy atom. The number of fused-ring (bicyclic) bond motifs is 1. The summed E-state index contributed by atoms with van der Waals surface area (Å²) in [6.45, 7) is 0.367. The van der Waals surface area contributed by atoms with E-state index in [-0.39, 0.29) is 18.2 Å². The standard InChI is InChI=1S/C10H11FN4O2/c1-17-9(16)4-5-12-10-13-8-3-2-7(11)6-15(8)14-10/h2-3,6H,4-5H2,1H3,(H,12,14). The Balaban J connectivity index is 2.02. The average Bonchev–Trinajstić information content (AvgIpc) is 2.70. The lowest BCUT2D eigenvalue weighted by atomic mass is 10.4. The van der Waals surface area contributed by atoms with Gasteiger partial charge < -0.3 is 10.1 Å². The Hall–Kier alpha value is -2.18. The van der Waals surface area contributed by atoms with E-state index in [1.54, 1.807) is 0 Å². The molecule has 0 saturated carbocycles. The number of nitrogens with one attached hydrogen (secondary N) is 1. The van der Waals surface area contributed by atoms with Gasteiger partial charge in [0, 0.05) is 6.54 Å². The van der Waals surface area contributed by atoms with Gasteiger partial charge in [0.05, 0.1) is 19.7 Å². The molecule has 0 atom stereocenters. The topological polar surface area (TPSA) is 68.5 Å². The molecule has 0 amide bonds. The number of rotatable bonds is 4. The average molecular weight is 238 g/mol. The minimum absolute atomic E-state index is 0.223. The van der Waals surface area contributed by atoms with Crippen LogP contribution in [0.15, 0.2) is 18.3 Å². The Morgan fingerprint density at radius 3 is 3.18 bits per heavy atom. The van der Waals surface area contributed by atoms with Gasteiger partial charge >= 0.3 is 5.97 Å². The number of aromatic nitrogens is 3. The van der Waals surface area contributed by atoms with Crippen LogP contribution in [0.5, 0.6) is 0 Å². The SMILES string of the molecule is COC(=O)CCNc1nc2ccc(F)cn2n1. The molecule has 0 aliphatic rings. The molecule has 6 nitrogen and oxygen atoms in total. The summed E-state index contributed by atoms with van der Waals surface area (Å²) in [6.07, 6.45) is 1.45. The Kier molecular flexibility index (Phi) is 3.17. The Bertz CT molecular complexity index is 540. The number of hydrogen-bond acceptors (Lipinski definition) is 5. The van der Waals surface area contributed by atoms with E-state index >= 15 is 0 Å². The van der Waals surface area contributed by atoms with Gasteiger partial charge in [-0.25, -0.2) is 8.91 Å². The van der Waals surface area contributed by atoms with Gasteiger partial charge in [-0.2, -0.15) is 4.98 Å². The molecule has 0 fully saturated rings. The van der Waals surface area contributed by atoms with E-state index in [0.29, 0.717) is 18.1 Å². The number of halogens is 1. The van der Waals surface area contributed by atoms with Crippen molar-refractivity contribution in [2.24, 2.45) is 0 Å². The summed E-state index contributed by atoms with van der Waals surface area (Å²) < 4.78 is 18.7. The van der Waals surface area contributed by atoms with Crippen LogP contribution in [-0.2, 0) is 9.53 Å². The molecule has 0 aliphatic carbocycles. The highest BCUT2D eigenvalue weighted by molar-refractivity contribution is 5.69. The number of esters is 1.